The van der Waals surface area contributed by atoms with Gasteiger partial charge in [-0.1, -0.05) is 29.8 Å². The lowest BCUT2D eigenvalue weighted by Gasteiger charge is -2.06. The van der Waals surface area contributed by atoms with Crippen molar-refractivity contribution in [2.75, 3.05) is 0 Å². The summed E-state index contributed by atoms with van der Waals surface area (Å²) < 4.78 is 6.94. The molecule has 0 aliphatic heterocycles. The van der Waals surface area contributed by atoms with Gasteiger partial charge in [0.2, 0.25) is 0 Å². The van der Waals surface area contributed by atoms with E-state index < -0.39 is 0 Å². The highest BCUT2D eigenvalue weighted by atomic mass is 79.9. The van der Waals surface area contributed by atoms with E-state index in [9.17, 15) is 0 Å². The number of furan rings is 1. The van der Waals surface area contributed by atoms with Crippen LogP contribution in [0.4, 0.5) is 0 Å². The van der Waals surface area contributed by atoms with Crippen LogP contribution in [0.2, 0.25) is 0 Å². The van der Waals surface area contributed by atoms with Crippen molar-refractivity contribution in [3.8, 4) is 11.5 Å². The molecule has 0 aliphatic carbocycles. The van der Waals surface area contributed by atoms with Crippen molar-refractivity contribution in [3.05, 3.63) is 40.5 Å². The van der Waals surface area contributed by atoms with Gasteiger partial charge in [0.25, 0.3) is 0 Å². The molecule has 0 spiro atoms. The minimum Gasteiger partial charge on any atom is -0.454 e. The molecule has 4 nitrogen and oxygen atoms in total. The number of hydrogen-bond acceptors (Lipinski definition) is 3. The summed E-state index contributed by atoms with van der Waals surface area (Å²) in [7, 11) is 0. The number of halogens is 1. The van der Waals surface area contributed by atoms with Gasteiger partial charge >= 0.3 is 0 Å². The summed E-state index contributed by atoms with van der Waals surface area (Å²) in [6.07, 6.45) is 1.84. The molecule has 0 amide bonds. The summed E-state index contributed by atoms with van der Waals surface area (Å²) in [5.41, 5.74) is 2.92. The third-order valence-electron chi connectivity index (χ3n) is 3.14. The highest BCUT2D eigenvalue weighted by molar-refractivity contribution is 9.10. The number of rotatable bonds is 4. The van der Waals surface area contributed by atoms with Gasteiger partial charge in [-0.2, -0.15) is 5.10 Å². The Hall–Kier alpha value is -1.59. The van der Waals surface area contributed by atoms with Crippen LogP contribution in [0.1, 0.15) is 19.4 Å². The molecule has 5 heteroatoms. The largest absolute Gasteiger partial charge is 0.454 e. The van der Waals surface area contributed by atoms with Crippen LogP contribution in [0.3, 0.4) is 0 Å². The van der Waals surface area contributed by atoms with E-state index in [1.807, 2.05) is 30.5 Å². The van der Waals surface area contributed by atoms with Gasteiger partial charge in [-0.3, -0.25) is 5.10 Å². The second-order valence-corrected chi connectivity index (χ2v) is 6.01. The predicted molar refractivity (Wildman–Crippen MR) is 83.5 cm³/mol. The molecule has 104 valence electrons. The van der Waals surface area contributed by atoms with Gasteiger partial charge in [0.15, 0.2) is 5.76 Å². The summed E-state index contributed by atoms with van der Waals surface area (Å²) in [5, 5.41) is 11.6. The normalized spacial score (nSPS) is 11.6. The number of benzene rings is 1. The Morgan fingerprint density at radius 2 is 2.20 bits per heavy atom. The second-order valence-electron chi connectivity index (χ2n) is 5.10. The number of aromatic amines is 1. The molecule has 0 bridgehead atoms. The summed E-state index contributed by atoms with van der Waals surface area (Å²) in [5.74, 6) is 0.816. The summed E-state index contributed by atoms with van der Waals surface area (Å²) in [4.78, 5) is 0. The Morgan fingerprint density at radius 1 is 1.35 bits per heavy atom. The first kappa shape index (κ1) is 13.4. The van der Waals surface area contributed by atoms with Gasteiger partial charge in [-0.15, -0.1) is 0 Å². The molecule has 20 heavy (non-hydrogen) atoms. The summed E-state index contributed by atoms with van der Waals surface area (Å²) in [6.45, 7) is 5.02. The third-order valence-corrected chi connectivity index (χ3v) is 3.64. The first-order valence-electron chi connectivity index (χ1n) is 6.58. The molecule has 0 atom stereocenters. The van der Waals surface area contributed by atoms with Crippen molar-refractivity contribution in [2.24, 2.45) is 0 Å². The number of nitrogens with zero attached hydrogens (tertiary/aromatic N) is 1. The molecule has 1 aromatic carbocycles. The van der Waals surface area contributed by atoms with E-state index >= 15 is 0 Å². The van der Waals surface area contributed by atoms with Crippen LogP contribution in [0.5, 0.6) is 0 Å². The van der Waals surface area contributed by atoms with Crippen molar-refractivity contribution in [1.29, 1.82) is 0 Å². The number of H-pyrrole nitrogens is 1. The van der Waals surface area contributed by atoms with Crippen LogP contribution < -0.4 is 5.32 Å². The Balaban J connectivity index is 1.96. The van der Waals surface area contributed by atoms with Crippen molar-refractivity contribution in [1.82, 2.24) is 15.5 Å². The van der Waals surface area contributed by atoms with Gasteiger partial charge in [0.1, 0.15) is 11.3 Å². The van der Waals surface area contributed by atoms with E-state index in [0.717, 1.165) is 39.0 Å². The monoisotopic (exact) mass is 333 g/mol. The van der Waals surface area contributed by atoms with Gasteiger partial charge in [-0.25, -0.2) is 0 Å². The van der Waals surface area contributed by atoms with Crippen LogP contribution in [0, 0.1) is 0 Å². The minimum atomic E-state index is 0.435. The van der Waals surface area contributed by atoms with Gasteiger partial charge in [0.05, 0.1) is 6.20 Å². The molecule has 0 radical (unpaired) electrons. The van der Waals surface area contributed by atoms with E-state index in [2.05, 4.69) is 45.3 Å². The lowest BCUT2D eigenvalue weighted by atomic mass is 10.2. The maximum atomic E-state index is 5.90. The smallest absolute Gasteiger partial charge is 0.153 e. The fourth-order valence-corrected chi connectivity index (χ4v) is 2.49. The Bertz CT molecular complexity index is 730. The number of aromatic nitrogens is 2. The van der Waals surface area contributed by atoms with Gasteiger partial charge in [0, 0.05) is 28.0 Å². The zero-order chi connectivity index (χ0) is 14.1. The Kier molecular flexibility index (Phi) is 3.63. The quantitative estimate of drug-likeness (QED) is 0.756. The van der Waals surface area contributed by atoms with Crippen LogP contribution in [-0.2, 0) is 6.54 Å². The fraction of sp³-hybridized carbons (Fsp3) is 0.267. The van der Waals surface area contributed by atoms with Crippen molar-refractivity contribution in [3.63, 3.8) is 0 Å². The molecule has 3 rings (SSSR count). The zero-order valence-electron chi connectivity index (χ0n) is 11.4. The van der Waals surface area contributed by atoms with Crippen LogP contribution in [-0.4, -0.2) is 16.2 Å². The standard InChI is InChI=1S/C15H16BrN3O/c1-9(2)17-7-11-8-18-19-15(11)14-6-10-5-12(16)3-4-13(10)20-14/h3-6,8-9,17H,7H2,1-2H3,(H,18,19). The molecule has 0 aliphatic rings. The molecular formula is C15H16BrN3O. The van der Waals surface area contributed by atoms with E-state index in [1.54, 1.807) is 0 Å². The Morgan fingerprint density at radius 3 is 3.00 bits per heavy atom. The maximum Gasteiger partial charge on any atom is 0.153 e. The van der Waals surface area contributed by atoms with E-state index in [-0.39, 0.29) is 0 Å². The van der Waals surface area contributed by atoms with Crippen molar-refractivity contribution >= 4 is 26.9 Å². The number of hydrogen-bond donors (Lipinski definition) is 2. The molecule has 2 aromatic heterocycles. The van der Waals surface area contributed by atoms with Crippen LogP contribution in [0.25, 0.3) is 22.4 Å². The minimum absolute atomic E-state index is 0.435. The molecule has 3 aromatic rings. The molecule has 0 saturated heterocycles. The first-order chi connectivity index (χ1) is 9.63. The lowest BCUT2D eigenvalue weighted by molar-refractivity contribution is 0.586. The summed E-state index contributed by atoms with van der Waals surface area (Å²) in [6, 6.07) is 8.45. The van der Waals surface area contributed by atoms with Crippen LogP contribution >= 0.6 is 15.9 Å². The number of nitrogens with one attached hydrogen (secondary N) is 2. The Labute approximate surface area is 125 Å². The highest BCUT2D eigenvalue weighted by Crippen LogP contribution is 2.30. The SMILES string of the molecule is CC(C)NCc1cn[nH]c1-c1cc2cc(Br)ccc2o1. The molecule has 2 N–H and O–H groups in total. The van der Waals surface area contributed by atoms with Gasteiger partial charge < -0.3 is 9.73 Å². The number of fused-ring (bicyclic) bond motifs is 1. The average molecular weight is 334 g/mol. The maximum absolute atomic E-state index is 5.90. The molecule has 0 saturated carbocycles. The van der Waals surface area contributed by atoms with E-state index in [4.69, 9.17) is 4.42 Å². The molecule has 0 unspecified atom stereocenters. The summed E-state index contributed by atoms with van der Waals surface area (Å²) >= 11 is 3.47. The average Bonchev–Trinajstić information content (AvgIpc) is 3.01. The second kappa shape index (κ2) is 5.42. The van der Waals surface area contributed by atoms with E-state index in [1.165, 1.54) is 0 Å². The third kappa shape index (κ3) is 2.64. The fourth-order valence-electron chi connectivity index (χ4n) is 2.11. The van der Waals surface area contributed by atoms with E-state index in [0.29, 0.717) is 6.04 Å². The topological polar surface area (TPSA) is 53.9 Å². The lowest BCUT2D eigenvalue weighted by Crippen LogP contribution is -2.21. The molecule has 0 fully saturated rings. The molecular weight excluding hydrogens is 318 g/mol. The first-order valence-corrected chi connectivity index (χ1v) is 7.38. The zero-order valence-corrected chi connectivity index (χ0v) is 13.0. The van der Waals surface area contributed by atoms with Gasteiger partial charge in [-0.05, 0) is 24.3 Å². The molecule has 2 heterocycles. The van der Waals surface area contributed by atoms with Crippen LogP contribution in [0.15, 0.2) is 39.4 Å². The predicted octanol–water partition coefficient (Wildman–Crippen LogP) is 4.08. The van der Waals surface area contributed by atoms with Crippen molar-refractivity contribution in [2.45, 2.75) is 26.4 Å². The van der Waals surface area contributed by atoms with Crippen molar-refractivity contribution < 1.29 is 4.42 Å². The highest BCUT2D eigenvalue weighted by Gasteiger charge is 2.13.